The summed E-state index contributed by atoms with van der Waals surface area (Å²) in [5.74, 6) is 2.11. The van der Waals surface area contributed by atoms with E-state index in [4.69, 9.17) is 23.2 Å². The van der Waals surface area contributed by atoms with Crippen LogP contribution in [0.3, 0.4) is 0 Å². The van der Waals surface area contributed by atoms with E-state index in [1.807, 2.05) is 0 Å². The van der Waals surface area contributed by atoms with E-state index in [-0.39, 0.29) is 0 Å². The Kier molecular flexibility index (Phi) is 5.17. The zero-order valence-electron chi connectivity index (χ0n) is 11.5. The highest BCUT2D eigenvalue weighted by Crippen LogP contribution is 2.33. The van der Waals surface area contributed by atoms with Gasteiger partial charge in [0.1, 0.15) is 11.6 Å². The molecule has 106 valence electrons. The highest BCUT2D eigenvalue weighted by molar-refractivity contribution is 6.37. The highest BCUT2D eigenvalue weighted by Gasteiger charge is 2.24. The van der Waals surface area contributed by atoms with Crippen LogP contribution >= 0.6 is 23.2 Å². The summed E-state index contributed by atoms with van der Waals surface area (Å²) in [7, 11) is 1.81. The lowest BCUT2D eigenvalue weighted by Gasteiger charge is -2.32. The standard InChI is InChI=1S/C14H21Cl2N3/c1-3-9-6-4-5-7-12(9)18-14-11(16)8-10(15)13(17-2)19-14/h8-9,12H,3-7H2,1-2H3,(H2,17,18,19). The highest BCUT2D eigenvalue weighted by atomic mass is 35.5. The number of anilines is 2. The van der Waals surface area contributed by atoms with E-state index in [9.17, 15) is 0 Å². The minimum atomic E-state index is 0.467. The summed E-state index contributed by atoms with van der Waals surface area (Å²) in [6, 6.07) is 2.21. The SMILES string of the molecule is CCC1CCCCC1Nc1nc(NC)c(Cl)cc1Cl. The van der Waals surface area contributed by atoms with E-state index in [0.717, 1.165) is 5.82 Å². The first-order chi connectivity index (χ1) is 9.15. The predicted octanol–water partition coefficient (Wildman–Crippen LogP) is 4.81. The largest absolute Gasteiger partial charge is 0.372 e. The quantitative estimate of drug-likeness (QED) is 0.838. The van der Waals surface area contributed by atoms with Crippen LogP contribution in [0.1, 0.15) is 39.0 Å². The molecule has 0 spiro atoms. The monoisotopic (exact) mass is 301 g/mol. The summed E-state index contributed by atoms with van der Waals surface area (Å²) >= 11 is 12.3. The molecule has 1 heterocycles. The van der Waals surface area contributed by atoms with Gasteiger partial charge in [-0.1, -0.05) is 49.4 Å². The first-order valence-corrected chi connectivity index (χ1v) is 7.71. The van der Waals surface area contributed by atoms with Crippen LogP contribution in [0.5, 0.6) is 0 Å². The van der Waals surface area contributed by atoms with Gasteiger partial charge in [0.25, 0.3) is 0 Å². The number of pyridine rings is 1. The van der Waals surface area contributed by atoms with Crippen LogP contribution in [0.2, 0.25) is 10.0 Å². The number of halogens is 2. The zero-order chi connectivity index (χ0) is 13.8. The molecule has 0 amide bonds. The molecular weight excluding hydrogens is 281 g/mol. The summed E-state index contributed by atoms with van der Waals surface area (Å²) in [6.07, 6.45) is 6.28. The fraction of sp³-hybridized carbons (Fsp3) is 0.643. The molecule has 0 bridgehead atoms. The molecular formula is C14H21Cl2N3. The predicted molar refractivity (Wildman–Crippen MR) is 83.5 cm³/mol. The van der Waals surface area contributed by atoms with Gasteiger partial charge in [-0.3, -0.25) is 0 Å². The minimum Gasteiger partial charge on any atom is -0.372 e. The molecule has 1 aromatic heterocycles. The molecule has 1 fully saturated rings. The molecule has 2 atom stereocenters. The average Bonchev–Trinajstić information content (AvgIpc) is 2.42. The van der Waals surface area contributed by atoms with Crippen LogP contribution in [0.15, 0.2) is 6.07 Å². The number of nitrogens with one attached hydrogen (secondary N) is 2. The topological polar surface area (TPSA) is 37.0 Å². The van der Waals surface area contributed by atoms with Crippen LogP contribution < -0.4 is 10.6 Å². The Bertz CT molecular complexity index is 437. The molecule has 2 rings (SSSR count). The van der Waals surface area contributed by atoms with Crippen molar-refractivity contribution in [2.24, 2.45) is 5.92 Å². The second-order valence-corrected chi connectivity index (χ2v) is 5.92. The third-order valence-electron chi connectivity index (χ3n) is 3.92. The van der Waals surface area contributed by atoms with Gasteiger partial charge in [-0.05, 0) is 24.8 Å². The van der Waals surface area contributed by atoms with Crippen LogP contribution in [0.4, 0.5) is 11.6 Å². The number of nitrogens with zero attached hydrogens (tertiary/aromatic N) is 1. The Morgan fingerprint density at radius 3 is 2.58 bits per heavy atom. The van der Waals surface area contributed by atoms with E-state index in [0.29, 0.717) is 27.8 Å². The normalized spacial score (nSPS) is 23.2. The fourth-order valence-electron chi connectivity index (χ4n) is 2.81. The van der Waals surface area contributed by atoms with E-state index in [1.165, 1.54) is 32.1 Å². The van der Waals surface area contributed by atoms with Crippen molar-refractivity contribution in [3.63, 3.8) is 0 Å². The Labute approximate surface area is 125 Å². The van der Waals surface area contributed by atoms with Gasteiger partial charge >= 0.3 is 0 Å². The molecule has 0 radical (unpaired) electrons. The molecule has 19 heavy (non-hydrogen) atoms. The van der Waals surface area contributed by atoms with E-state index in [2.05, 4.69) is 22.5 Å². The lowest BCUT2D eigenvalue weighted by molar-refractivity contribution is 0.317. The maximum Gasteiger partial charge on any atom is 0.147 e. The van der Waals surface area contributed by atoms with Crippen molar-refractivity contribution in [3.8, 4) is 0 Å². The van der Waals surface area contributed by atoms with Gasteiger partial charge in [-0.15, -0.1) is 0 Å². The van der Waals surface area contributed by atoms with Gasteiger partial charge in [-0.2, -0.15) is 0 Å². The second-order valence-electron chi connectivity index (χ2n) is 5.10. The zero-order valence-corrected chi connectivity index (χ0v) is 13.0. The van der Waals surface area contributed by atoms with E-state index in [1.54, 1.807) is 13.1 Å². The summed E-state index contributed by atoms with van der Waals surface area (Å²) < 4.78 is 0. The molecule has 0 aliphatic heterocycles. The number of rotatable bonds is 4. The van der Waals surface area contributed by atoms with E-state index < -0.39 is 0 Å². The molecule has 1 aliphatic carbocycles. The minimum absolute atomic E-state index is 0.467. The molecule has 1 saturated carbocycles. The summed E-state index contributed by atoms with van der Waals surface area (Å²) in [5.41, 5.74) is 0. The Hall–Kier alpha value is -0.670. The molecule has 2 N–H and O–H groups in total. The van der Waals surface area contributed by atoms with Crippen LogP contribution in [-0.4, -0.2) is 18.1 Å². The molecule has 0 saturated heterocycles. The summed E-state index contributed by atoms with van der Waals surface area (Å²) in [4.78, 5) is 4.47. The molecule has 1 aromatic rings. The van der Waals surface area contributed by atoms with Gasteiger partial charge in [0, 0.05) is 13.1 Å². The number of aromatic nitrogens is 1. The van der Waals surface area contributed by atoms with Crippen molar-refractivity contribution < 1.29 is 0 Å². The van der Waals surface area contributed by atoms with Gasteiger partial charge in [-0.25, -0.2) is 4.98 Å². The molecule has 5 heteroatoms. The molecule has 2 unspecified atom stereocenters. The van der Waals surface area contributed by atoms with Gasteiger partial charge < -0.3 is 10.6 Å². The van der Waals surface area contributed by atoms with Crippen LogP contribution in [0, 0.1) is 5.92 Å². The lowest BCUT2D eigenvalue weighted by Crippen LogP contribution is -2.32. The van der Waals surface area contributed by atoms with Crippen LogP contribution in [-0.2, 0) is 0 Å². The molecule has 1 aliphatic rings. The van der Waals surface area contributed by atoms with Crippen molar-refractivity contribution in [2.45, 2.75) is 45.1 Å². The van der Waals surface area contributed by atoms with Crippen molar-refractivity contribution in [2.75, 3.05) is 17.7 Å². The molecule has 3 nitrogen and oxygen atoms in total. The maximum atomic E-state index is 6.23. The van der Waals surface area contributed by atoms with Crippen molar-refractivity contribution in [1.29, 1.82) is 0 Å². The first kappa shape index (κ1) is 14.7. The Balaban J connectivity index is 2.17. The van der Waals surface area contributed by atoms with Crippen molar-refractivity contribution >= 4 is 34.8 Å². The average molecular weight is 302 g/mol. The number of hydrogen-bond acceptors (Lipinski definition) is 3. The van der Waals surface area contributed by atoms with Gasteiger partial charge in [0.15, 0.2) is 0 Å². The van der Waals surface area contributed by atoms with Gasteiger partial charge in [0.05, 0.1) is 10.0 Å². The third kappa shape index (κ3) is 3.46. The van der Waals surface area contributed by atoms with Crippen molar-refractivity contribution in [3.05, 3.63) is 16.1 Å². The fourth-order valence-corrected chi connectivity index (χ4v) is 3.31. The lowest BCUT2D eigenvalue weighted by atomic mass is 9.83. The number of hydrogen-bond donors (Lipinski definition) is 2. The Morgan fingerprint density at radius 1 is 1.21 bits per heavy atom. The maximum absolute atomic E-state index is 6.23. The first-order valence-electron chi connectivity index (χ1n) is 6.96. The second kappa shape index (κ2) is 6.67. The van der Waals surface area contributed by atoms with Crippen LogP contribution in [0.25, 0.3) is 0 Å². The summed E-state index contributed by atoms with van der Waals surface area (Å²) in [6.45, 7) is 2.25. The third-order valence-corrected chi connectivity index (χ3v) is 4.50. The smallest absolute Gasteiger partial charge is 0.147 e. The van der Waals surface area contributed by atoms with Crippen molar-refractivity contribution in [1.82, 2.24) is 4.98 Å². The molecule has 0 aromatic carbocycles. The summed E-state index contributed by atoms with van der Waals surface area (Å²) in [5, 5.41) is 7.63. The van der Waals surface area contributed by atoms with Gasteiger partial charge in [0.2, 0.25) is 0 Å². The Morgan fingerprint density at radius 2 is 1.89 bits per heavy atom. The van der Waals surface area contributed by atoms with E-state index >= 15 is 0 Å².